The minimum absolute atomic E-state index is 0.207. The largest absolute Gasteiger partial charge is 0.480 e. The molecule has 3 amide bonds. The number of carbonyl (C=O) groups excluding carboxylic acids is 2. The molecule has 2 aliphatic rings. The molecule has 0 aromatic carbocycles. The maximum atomic E-state index is 12.4. The van der Waals surface area contributed by atoms with Crippen LogP contribution in [0.25, 0.3) is 0 Å². The van der Waals surface area contributed by atoms with Crippen molar-refractivity contribution in [1.82, 2.24) is 15.1 Å². The standard InChI is InChI=1S/C13H16N4O3/c1-8-5-6-16-9(7-8)12(18)17(13(16)19)10-3-4-11(20-2)15-14-10/h3-4,8-9H,5-7H2,1-2H3/t8-,9+/m0/s1. The van der Waals surface area contributed by atoms with Crippen molar-refractivity contribution in [2.24, 2.45) is 5.92 Å². The maximum Gasteiger partial charge on any atom is 0.333 e. The fourth-order valence-corrected chi connectivity index (χ4v) is 2.73. The zero-order chi connectivity index (χ0) is 14.3. The molecular weight excluding hydrogens is 260 g/mol. The molecule has 0 saturated carbocycles. The summed E-state index contributed by atoms with van der Waals surface area (Å²) in [6.07, 6.45) is 1.64. The van der Waals surface area contributed by atoms with Crippen molar-refractivity contribution >= 4 is 17.8 Å². The lowest BCUT2D eigenvalue weighted by Crippen LogP contribution is -2.41. The normalized spacial score (nSPS) is 25.9. The van der Waals surface area contributed by atoms with Crippen LogP contribution in [0.15, 0.2) is 12.1 Å². The zero-order valence-corrected chi connectivity index (χ0v) is 11.4. The number of carbonyl (C=O) groups is 2. The van der Waals surface area contributed by atoms with Crippen LogP contribution in [0, 0.1) is 5.92 Å². The Hall–Kier alpha value is -2.18. The van der Waals surface area contributed by atoms with Crippen molar-refractivity contribution in [1.29, 1.82) is 0 Å². The SMILES string of the molecule is COc1ccc(N2C(=O)[C@H]3C[C@@H](C)CCN3C2=O)nn1. The van der Waals surface area contributed by atoms with Gasteiger partial charge in [0.15, 0.2) is 5.82 Å². The second-order valence-corrected chi connectivity index (χ2v) is 5.23. The molecule has 1 aromatic rings. The van der Waals surface area contributed by atoms with Crippen LogP contribution in [0.3, 0.4) is 0 Å². The van der Waals surface area contributed by atoms with Gasteiger partial charge in [-0.25, -0.2) is 9.69 Å². The Labute approximate surface area is 116 Å². The predicted octanol–water partition coefficient (Wildman–Crippen LogP) is 1.05. The van der Waals surface area contributed by atoms with Crippen LogP contribution in [0.1, 0.15) is 19.8 Å². The molecule has 0 N–H and O–H groups in total. The highest BCUT2D eigenvalue weighted by Crippen LogP contribution is 2.32. The van der Waals surface area contributed by atoms with E-state index in [1.54, 1.807) is 17.0 Å². The van der Waals surface area contributed by atoms with E-state index >= 15 is 0 Å². The summed E-state index contributed by atoms with van der Waals surface area (Å²) in [4.78, 5) is 27.5. The number of imide groups is 1. The lowest BCUT2D eigenvalue weighted by molar-refractivity contribution is -0.120. The number of fused-ring (bicyclic) bond motifs is 1. The first-order valence-electron chi connectivity index (χ1n) is 6.64. The molecule has 0 bridgehead atoms. The van der Waals surface area contributed by atoms with Crippen molar-refractivity contribution in [2.45, 2.75) is 25.8 Å². The average molecular weight is 276 g/mol. The van der Waals surface area contributed by atoms with E-state index in [0.717, 1.165) is 11.3 Å². The van der Waals surface area contributed by atoms with Crippen LogP contribution >= 0.6 is 0 Å². The van der Waals surface area contributed by atoms with Crippen LogP contribution in [0.2, 0.25) is 0 Å². The van der Waals surface area contributed by atoms with E-state index in [-0.39, 0.29) is 23.8 Å². The van der Waals surface area contributed by atoms with Gasteiger partial charge >= 0.3 is 6.03 Å². The van der Waals surface area contributed by atoms with E-state index in [0.29, 0.717) is 24.8 Å². The Morgan fingerprint density at radius 3 is 2.75 bits per heavy atom. The van der Waals surface area contributed by atoms with Gasteiger partial charge in [-0.05, 0) is 24.8 Å². The fourth-order valence-electron chi connectivity index (χ4n) is 2.73. The molecule has 3 rings (SSSR count). The molecular formula is C13H16N4O3. The van der Waals surface area contributed by atoms with E-state index in [2.05, 4.69) is 17.1 Å². The smallest absolute Gasteiger partial charge is 0.333 e. The van der Waals surface area contributed by atoms with Gasteiger partial charge in [0.25, 0.3) is 5.91 Å². The molecule has 0 unspecified atom stereocenters. The Morgan fingerprint density at radius 2 is 2.10 bits per heavy atom. The lowest BCUT2D eigenvalue weighted by Gasteiger charge is -2.30. The van der Waals surface area contributed by atoms with E-state index in [1.165, 1.54) is 7.11 Å². The molecule has 1 aromatic heterocycles. The molecule has 3 heterocycles. The third kappa shape index (κ3) is 1.90. The Balaban J connectivity index is 1.89. The Morgan fingerprint density at radius 1 is 1.30 bits per heavy atom. The van der Waals surface area contributed by atoms with E-state index in [1.807, 2.05) is 0 Å². The highest BCUT2D eigenvalue weighted by molar-refractivity contribution is 6.20. The highest BCUT2D eigenvalue weighted by atomic mass is 16.5. The second-order valence-electron chi connectivity index (χ2n) is 5.23. The number of ether oxygens (including phenoxy) is 1. The molecule has 2 atom stereocenters. The monoisotopic (exact) mass is 276 g/mol. The molecule has 20 heavy (non-hydrogen) atoms. The first kappa shape index (κ1) is 12.8. The van der Waals surface area contributed by atoms with Crippen molar-refractivity contribution in [3.8, 4) is 5.88 Å². The summed E-state index contributed by atoms with van der Waals surface area (Å²) in [6.45, 7) is 2.72. The Bertz CT molecular complexity index is 545. The number of hydrogen-bond acceptors (Lipinski definition) is 5. The van der Waals surface area contributed by atoms with Crippen LogP contribution in [0.5, 0.6) is 5.88 Å². The van der Waals surface area contributed by atoms with Gasteiger partial charge in [0.05, 0.1) is 7.11 Å². The van der Waals surface area contributed by atoms with Gasteiger partial charge in [-0.15, -0.1) is 10.2 Å². The number of anilines is 1. The summed E-state index contributed by atoms with van der Waals surface area (Å²) in [5.74, 6) is 0.845. The second kappa shape index (κ2) is 4.73. The van der Waals surface area contributed by atoms with Crippen LogP contribution in [-0.4, -0.2) is 46.7 Å². The summed E-state index contributed by atoms with van der Waals surface area (Å²) in [7, 11) is 1.48. The van der Waals surface area contributed by atoms with Crippen molar-refractivity contribution in [3.63, 3.8) is 0 Å². The van der Waals surface area contributed by atoms with Gasteiger partial charge in [-0.3, -0.25) is 4.79 Å². The van der Waals surface area contributed by atoms with Crippen molar-refractivity contribution in [2.75, 3.05) is 18.6 Å². The molecule has 7 heteroatoms. The summed E-state index contributed by atoms with van der Waals surface area (Å²) < 4.78 is 4.92. The van der Waals surface area contributed by atoms with E-state index in [4.69, 9.17) is 4.74 Å². The summed E-state index contributed by atoms with van der Waals surface area (Å²) in [5, 5.41) is 7.70. The third-order valence-electron chi connectivity index (χ3n) is 3.87. The first-order valence-corrected chi connectivity index (χ1v) is 6.64. The molecule has 2 fully saturated rings. The molecule has 106 valence electrons. The van der Waals surface area contributed by atoms with Crippen molar-refractivity contribution in [3.05, 3.63) is 12.1 Å². The van der Waals surface area contributed by atoms with Crippen LogP contribution in [0.4, 0.5) is 10.6 Å². The fraction of sp³-hybridized carbons (Fsp3) is 0.538. The van der Waals surface area contributed by atoms with Crippen LogP contribution < -0.4 is 9.64 Å². The van der Waals surface area contributed by atoms with Gasteiger partial charge in [0.2, 0.25) is 5.88 Å². The molecule has 0 aliphatic carbocycles. The average Bonchev–Trinajstić information content (AvgIpc) is 2.71. The van der Waals surface area contributed by atoms with E-state index < -0.39 is 0 Å². The minimum Gasteiger partial charge on any atom is -0.480 e. The minimum atomic E-state index is -0.352. The molecule has 2 saturated heterocycles. The number of piperidine rings is 1. The van der Waals surface area contributed by atoms with E-state index in [9.17, 15) is 9.59 Å². The number of methoxy groups -OCH3 is 1. The molecule has 0 spiro atoms. The number of amides is 3. The number of nitrogens with zero attached hydrogens (tertiary/aromatic N) is 4. The Kier molecular flexibility index (Phi) is 3.04. The lowest BCUT2D eigenvalue weighted by atomic mass is 9.93. The number of hydrogen-bond donors (Lipinski definition) is 0. The topological polar surface area (TPSA) is 75.6 Å². The van der Waals surface area contributed by atoms with Gasteiger partial charge in [0, 0.05) is 12.6 Å². The predicted molar refractivity (Wildman–Crippen MR) is 70.4 cm³/mol. The highest BCUT2D eigenvalue weighted by Gasteiger charge is 2.48. The summed E-state index contributed by atoms with van der Waals surface area (Å²) in [6, 6.07) is 2.51. The quantitative estimate of drug-likeness (QED) is 0.755. The third-order valence-corrected chi connectivity index (χ3v) is 3.87. The first-order chi connectivity index (χ1) is 9.61. The molecule has 2 aliphatic heterocycles. The summed E-state index contributed by atoms with van der Waals surface area (Å²) >= 11 is 0. The zero-order valence-electron chi connectivity index (χ0n) is 11.4. The number of aromatic nitrogens is 2. The van der Waals surface area contributed by atoms with Crippen LogP contribution in [-0.2, 0) is 4.79 Å². The number of rotatable bonds is 2. The molecule has 0 radical (unpaired) electrons. The molecule has 7 nitrogen and oxygen atoms in total. The van der Waals surface area contributed by atoms with Gasteiger partial charge in [0.1, 0.15) is 6.04 Å². The maximum absolute atomic E-state index is 12.4. The van der Waals surface area contributed by atoms with Crippen molar-refractivity contribution < 1.29 is 14.3 Å². The van der Waals surface area contributed by atoms with Gasteiger partial charge in [-0.1, -0.05) is 6.92 Å². The van der Waals surface area contributed by atoms with Gasteiger partial charge in [-0.2, -0.15) is 0 Å². The van der Waals surface area contributed by atoms with Gasteiger partial charge < -0.3 is 9.64 Å². The summed E-state index contributed by atoms with van der Waals surface area (Å²) in [5.41, 5.74) is 0. The number of urea groups is 1.